The third kappa shape index (κ3) is 4.17. The van der Waals surface area contributed by atoms with Crippen LogP contribution in [0.2, 0.25) is 0 Å². The van der Waals surface area contributed by atoms with Gasteiger partial charge in [0, 0.05) is 10.8 Å². The normalized spacial score (nSPS) is 39.6. The summed E-state index contributed by atoms with van der Waals surface area (Å²) in [5.74, 6) is 0.127. The number of ketones is 1. The summed E-state index contributed by atoms with van der Waals surface area (Å²) < 4.78 is 0. The molecule has 0 saturated heterocycles. The second kappa shape index (κ2) is 9.50. The highest BCUT2D eigenvalue weighted by atomic mass is 16.3. The molecule has 1 saturated carbocycles. The van der Waals surface area contributed by atoms with Crippen LogP contribution in [0.4, 0.5) is 0 Å². The largest absolute Gasteiger partial charge is 0.393 e. The maximum atomic E-state index is 11.7. The fourth-order valence-corrected chi connectivity index (χ4v) is 10.3. The van der Waals surface area contributed by atoms with Crippen molar-refractivity contribution in [2.45, 2.75) is 123 Å². The lowest BCUT2D eigenvalue weighted by molar-refractivity contribution is -0.110. The highest BCUT2D eigenvalue weighted by Gasteiger charge is 2.50. The Morgan fingerprint density at radius 3 is 2.45 bits per heavy atom. The van der Waals surface area contributed by atoms with Crippen molar-refractivity contribution in [3.63, 3.8) is 0 Å². The van der Waals surface area contributed by atoms with Gasteiger partial charge in [0.05, 0.1) is 12.2 Å². The van der Waals surface area contributed by atoms with Crippen molar-refractivity contribution in [2.75, 3.05) is 0 Å². The molecule has 3 heteroatoms. The van der Waals surface area contributed by atoms with Crippen LogP contribution < -0.4 is 0 Å². The van der Waals surface area contributed by atoms with Gasteiger partial charge >= 0.3 is 0 Å². The number of rotatable bonds is 0. The lowest BCUT2D eigenvalue weighted by Gasteiger charge is -2.48. The van der Waals surface area contributed by atoms with E-state index in [4.69, 9.17) is 0 Å². The quantitative estimate of drug-likeness (QED) is 0.313. The summed E-state index contributed by atoms with van der Waals surface area (Å²) in [4.78, 5) is 11.7. The van der Waals surface area contributed by atoms with Crippen LogP contribution in [0.25, 0.3) is 0 Å². The molecule has 1 aromatic rings. The molecule has 1 aromatic carbocycles. The van der Waals surface area contributed by atoms with Gasteiger partial charge in [0.1, 0.15) is 0 Å². The topological polar surface area (TPSA) is 57.5 Å². The van der Waals surface area contributed by atoms with E-state index in [0.717, 1.165) is 44.9 Å². The maximum absolute atomic E-state index is 11.7. The van der Waals surface area contributed by atoms with Gasteiger partial charge in [-0.25, -0.2) is 0 Å². The van der Waals surface area contributed by atoms with Crippen molar-refractivity contribution in [3.05, 3.63) is 92.6 Å². The van der Waals surface area contributed by atoms with Crippen LogP contribution in [0.5, 0.6) is 0 Å². The van der Waals surface area contributed by atoms with Crippen LogP contribution in [0.15, 0.2) is 75.9 Å². The molecule has 0 spiro atoms. The lowest BCUT2D eigenvalue weighted by Crippen LogP contribution is -2.38. The summed E-state index contributed by atoms with van der Waals surface area (Å²) >= 11 is 0. The van der Waals surface area contributed by atoms with E-state index in [1.807, 2.05) is 6.08 Å². The predicted molar refractivity (Wildman–Crippen MR) is 169 cm³/mol. The summed E-state index contributed by atoms with van der Waals surface area (Å²) in [6.45, 7) is 11.6. The fraction of sp³-hybridized carbons (Fsp3) is 0.564. The Morgan fingerprint density at radius 2 is 1.64 bits per heavy atom. The van der Waals surface area contributed by atoms with E-state index in [0.29, 0.717) is 0 Å². The molecule has 6 atom stereocenters. The highest BCUT2D eigenvalue weighted by Crippen LogP contribution is 2.61. The lowest BCUT2D eigenvalue weighted by atomic mass is 9.56. The van der Waals surface area contributed by atoms with Crippen molar-refractivity contribution in [1.29, 1.82) is 0 Å². The summed E-state index contributed by atoms with van der Waals surface area (Å²) in [6.07, 6.45) is 19.2. The van der Waals surface area contributed by atoms with Gasteiger partial charge in [-0.3, -0.25) is 4.79 Å². The van der Waals surface area contributed by atoms with E-state index < -0.39 is 0 Å². The molecule has 2 N–H and O–H groups in total. The molecule has 7 aliphatic rings. The number of aliphatic hydroxyl groups excluding tert-OH is 2. The molecular weight excluding hydrogens is 516 g/mol. The SMILES string of the molecule is C[C@@]12CCC3=C(CCC4=CC(=O)C=C[C@@]43C)C1=C[C@H](O)C2.Cc1ccc2c(c1)CCC1=C3C[C@H](O)C[C@]3(C)CC[C@]12C. The fourth-order valence-electron chi connectivity index (χ4n) is 10.3. The number of allylic oxidation sites excluding steroid dienone is 8. The smallest absolute Gasteiger partial charge is 0.178 e. The number of carbonyl (C=O) groups excluding carboxylic acids is 1. The maximum Gasteiger partial charge on any atom is 0.178 e. The van der Waals surface area contributed by atoms with Gasteiger partial charge in [0.25, 0.3) is 0 Å². The Hall–Kier alpha value is -2.49. The molecule has 7 aliphatic carbocycles. The molecule has 222 valence electrons. The van der Waals surface area contributed by atoms with E-state index >= 15 is 0 Å². The van der Waals surface area contributed by atoms with Crippen LogP contribution in [0, 0.1) is 23.2 Å². The van der Waals surface area contributed by atoms with E-state index in [-0.39, 0.29) is 39.7 Å². The Bertz CT molecular complexity index is 1530. The molecule has 42 heavy (non-hydrogen) atoms. The van der Waals surface area contributed by atoms with Crippen LogP contribution in [-0.2, 0) is 16.6 Å². The minimum absolute atomic E-state index is 0.0722. The Labute approximate surface area is 252 Å². The van der Waals surface area contributed by atoms with E-state index in [9.17, 15) is 15.0 Å². The number of benzene rings is 1. The Morgan fingerprint density at radius 1 is 0.833 bits per heavy atom. The van der Waals surface area contributed by atoms with Gasteiger partial charge < -0.3 is 10.2 Å². The third-order valence-electron chi connectivity index (χ3n) is 12.7. The first-order chi connectivity index (χ1) is 19.8. The molecule has 8 rings (SSSR count). The first-order valence-corrected chi connectivity index (χ1v) is 16.4. The number of hydrogen-bond donors (Lipinski definition) is 2. The van der Waals surface area contributed by atoms with Gasteiger partial charge in [-0.15, -0.1) is 0 Å². The summed E-state index contributed by atoms with van der Waals surface area (Å²) in [7, 11) is 0. The number of aryl methyl sites for hydroxylation is 2. The molecule has 1 fully saturated rings. The van der Waals surface area contributed by atoms with Gasteiger partial charge in [0.2, 0.25) is 0 Å². The predicted octanol–water partition coefficient (Wildman–Crippen LogP) is 8.09. The van der Waals surface area contributed by atoms with Crippen molar-refractivity contribution in [2.24, 2.45) is 16.2 Å². The monoisotopic (exact) mass is 564 g/mol. The van der Waals surface area contributed by atoms with E-state index in [1.165, 1.54) is 53.5 Å². The van der Waals surface area contributed by atoms with Crippen molar-refractivity contribution in [3.8, 4) is 0 Å². The first-order valence-electron chi connectivity index (χ1n) is 16.4. The van der Waals surface area contributed by atoms with Crippen LogP contribution in [0.1, 0.15) is 109 Å². The molecule has 0 amide bonds. The molecule has 0 unspecified atom stereocenters. The van der Waals surface area contributed by atoms with Crippen molar-refractivity contribution in [1.82, 2.24) is 0 Å². The molecular formula is C39H48O3. The van der Waals surface area contributed by atoms with Crippen LogP contribution in [0.3, 0.4) is 0 Å². The average molecular weight is 565 g/mol. The Balaban J connectivity index is 0.000000137. The van der Waals surface area contributed by atoms with Crippen LogP contribution >= 0.6 is 0 Å². The number of fused-ring (bicyclic) bond motifs is 8. The van der Waals surface area contributed by atoms with Gasteiger partial charge in [0.15, 0.2) is 5.78 Å². The number of carbonyl (C=O) groups is 1. The van der Waals surface area contributed by atoms with E-state index in [2.05, 4.69) is 65.0 Å². The number of hydrogen-bond acceptors (Lipinski definition) is 3. The summed E-state index contributed by atoms with van der Waals surface area (Å²) in [5, 5.41) is 20.3. The molecule has 0 aromatic heterocycles. The molecule has 0 radical (unpaired) electrons. The zero-order valence-corrected chi connectivity index (χ0v) is 26.3. The minimum Gasteiger partial charge on any atom is -0.393 e. The van der Waals surface area contributed by atoms with Gasteiger partial charge in [-0.05, 0) is 130 Å². The van der Waals surface area contributed by atoms with E-state index in [1.54, 1.807) is 28.3 Å². The van der Waals surface area contributed by atoms with Crippen molar-refractivity contribution < 1.29 is 15.0 Å². The number of aliphatic hydroxyl groups is 2. The third-order valence-corrected chi connectivity index (χ3v) is 12.7. The standard InChI is InChI=1S/C20H26O.C19H22O2/c1-13-4-6-16-14(10-13)5-7-17-18-11-15(21)12-19(18,2)8-9-20(16,17)3;1-18-7-6-16-15(17(18)10-14(21)11-18)4-3-12-9-13(20)5-8-19(12,16)2/h4,6,10,15,21H,5,7-9,11-12H2,1-3H3;5,8-10,14,21H,3-4,6-7,11H2,1-2H3/t15-,19-,20-;14-,18-,19-/m00/s1. The van der Waals surface area contributed by atoms with Gasteiger partial charge in [-0.1, -0.05) is 79.0 Å². The summed E-state index contributed by atoms with van der Waals surface area (Å²) in [6, 6.07) is 7.03. The van der Waals surface area contributed by atoms with Gasteiger partial charge in [-0.2, -0.15) is 0 Å². The first kappa shape index (κ1) is 28.3. The zero-order valence-electron chi connectivity index (χ0n) is 26.3. The molecule has 0 bridgehead atoms. The molecule has 0 heterocycles. The second-order valence-corrected chi connectivity index (χ2v) is 15.5. The highest BCUT2D eigenvalue weighted by molar-refractivity contribution is 6.01. The molecule has 3 nitrogen and oxygen atoms in total. The van der Waals surface area contributed by atoms with Crippen LogP contribution in [-0.4, -0.2) is 28.2 Å². The Kier molecular flexibility index (Phi) is 6.40. The average Bonchev–Trinajstić information content (AvgIpc) is 3.42. The van der Waals surface area contributed by atoms with Crippen molar-refractivity contribution >= 4 is 5.78 Å². The minimum atomic E-state index is -0.287. The second-order valence-electron chi connectivity index (χ2n) is 15.5. The zero-order chi connectivity index (χ0) is 29.7. The summed E-state index contributed by atoms with van der Waals surface area (Å²) in [5.41, 5.74) is 14.0. The molecule has 0 aliphatic heterocycles.